The molecule has 0 saturated carbocycles. The Hall–Kier alpha value is -1.50. The number of amides is 1. The highest BCUT2D eigenvalue weighted by atomic mass is 16.5. The number of nitrogens with two attached hydrogens (primary N) is 1. The van der Waals surface area contributed by atoms with Crippen molar-refractivity contribution in [2.24, 2.45) is 5.84 Å². The Kier molecular flexibility index (Phi) is 6.16. The number of carbonyl (C=O) groups excluding carboxylic acids is 1. The Labute approximate surface area is 100 Å². The number of ether oxygens (including phenoxy) is 2. The van der Waals surface area contributed by atoms with Crippen molar-refractivity contribution in [3.05, 3.63) is 30.1 Å². The summed E-state index contributed by atoms with van der Waals surface area (Å²) in [7, 11) is 1.50. The van der Waals surface area contributed by atoms with Crippen LogP contribution in [0.3, 0.4) is 0 Å². The summed E-state index contributed by atoms with van der Waals surface area (Å²) in [5.74, 6) is 4.64. The molecule has 6 heteroatoms. The molecule has 0 bridgehead atoms. The van der Waals surface area contributed by atoms with Crippen LogP contribution < -0.4 is 11.3 Å². The quantitative estimate of drug-likeness (QED) is 0.386. The molecule has 0 radical (unpaired) electrons. The van der Waals surface area contributed by atoms with Gasteiger partial charge < -0.3 is 9.47 Å². The van der Waals surface area contributed by atoms with Crippen molar-refractivity contribution in [3.8, 4) is 0 Å². The van der Waals surface area contributed by atoms with E-state index < -0.39 is 12.0 Å². The number of hydrazine groups is 1. The van der Waals surface area contributed by atoms with Crippen LogP contribution in [0.25, 0.3) is 0 Å². The average Bonchev–Trinajstić information content (AvgIpc) is 2.38. The molecule has 0 aromatic carbocycles. The van der Waals surface area contributed by atoms with Gasteiger partial charge in [-0.15, -0.1) is 0 Å². The first-order valence-electron chi connectivity index (χ1n) is 5.29. The summed E-state index contributed by atoms with van der Waals surface area (Å²) in [4.78, 5) is 15.4. The van der Waals surface area contributed by atoms with Gasteiger partial charge in [-0.1, -0.05) is 6.07 Å². The molecule has 0 aliphatic carbocycles. The van der Waals surface area contributed by atoms with Gasteiger partial charge in [-0.25, -0.2) is 5.84 Å². The minimum atomic E-state index is -0.686. The summed E-state index contributed by atoms with van der Waals surface area (Å²) in [6.45, 7) is 0.559. The molecule has 0 aliphatic rings. The number of pyridine rings is 1. The fourth-order valence-electron chi connectivity index (χ4n) is 1.30. The van der Waals surface area contributed by atoms with Gasteiger partial charge in [0.25, 0.3) is 5.91 Å². The standard InChI is InChI=1S/C11H17N3O3/c1-16-8-10(11(15)14-12)17-7-5-9-4-2-3-6-13-9/h2-4,6,10H,5,7-8,12H2,1H3,(H,14,15). The zero-order valence-corrected chi connectivity index (χ0v) is 9.76. The Bertz CT molecular complexity index is 332. The Morgan fingerprint density at radius 2 is 2.41 bits per heavy atom. The van der Waals surface area contributed by atoms with Gasteiger partial charge in [0.15, 0.2) is 6.10 Å². The van der Waals surface area contributed by atoms with Gasteiger partial charge in [-0.05, 0) is 12.1 Å². The van der Waals surface area contributed by atoms with E-state index in [0.717, 1.165) is 5.69 Å². The van der Waals surface area contributed by atoms with Gasteiger partial charge in [0.1, 0.15) is 0 Å². The third kappa shape index (κ3) is 4.90. The second-order valence-electron chi connectivity index (χ2n) is 3.39. The van der Waals surface area contributed by atoms with E-state index in [1.807, 2.05) is 23.6 Å². The van der Waals surface area contributed by atoms with Crippen molar-refractivity contribution in [3.63, 3.8) is 0 Å². The van der Waals surface area contributed by atoms with E-state index in [0.29, 0.717) is 13.0 Å². The third-order valence-corrected chi connectivity index (χ3v) is 2.16. The van der Waals surface area contributed by atoms with Gasteiger partial charge in [-0.2, -0.15) is 0 Å². The molecular formula is C11H17N3O3. The number of methoxy groups -OCH3 is 1. The summed E-state index contributed by atoms with van der Waals surface area (Å²) in [5.41, 5.74) is 2.95. The Morgan fingerprint density at radius 1 is 1.59 bits per heavy atom. The molecule has 3 N–H and O–H groups in total. The van der Waals surface area contributed by atoms with Gasteiger partial charge in [-0.3, -0.25) is 15.2 Å². The molecule has 0 saturated heterocycles. The van der Waals surface area contributed by atoms with E-state index in [1.165, 1.54) is 7.11 Å². The number of nitrogens with zero attached hydrogens (tertiary/aromatic N) is 1. The number of rotatable bonds is 7. The van der Waals surface area contributed by atoms with Crippen LogP contribution in [0.4, 0.5) is 0 Å². The van der Waals surface area contributed by atoms with Crippen LogP contribution in [0, 0.1) is 0 Å². The number of nitrogens with one attached hydrogen (secondary N) is 1. The molecule has 1 amide bonds. The van der Waals surface area contributed by atoms with Gasteiger partial charge in [0, 0.05) is 25.4 Å². The van der Waals surface area contributed by atoms with E-state index in [1.54, 1.807) is 6.20 Å². The first kappa shape index (κ1) is 13.6. The first-order chi connectivity index (χ1) is 8.27. The molecule has 1 atom stereocenters. The third-order valence-electron chi connectivity index (χ3n) is 2.16. The fraction of sp³-hybridized carbons (Fsp3) is 0.455. The highest BCUT2D eigenvalue weighted by Crippen LogP contribution is 1.98. The predicted octanol–water partition coefficient (Wildman–Crippen LogP) is -0.354. The van der Waals surface area contributed by atoms with E-state index in [4.69, 9.17) is 15.3 Å². The van der Waals surface area contributed by atoms with Gasteiger partial charge in [0.05, 0.1) is 13.2 Å². The number of hydrogen-bond acceptors (Lipinski definition) is 5. The van der Waals surface area contributed by atoms with Crippen molar-refractivity contribution in [2.75, 3.05) is 20.3 Å². The lowest BCUT2D eigenvalue weighted by atomic mass is 10.3. The molecule has 0 aliphatic heterocycles. The highest BCUT2D eigenvalue weighted by Gasteiger charge is 2.17. The molecule has 1 aromatic heterocycles. The summed E-state index contributed by atoms with van der Waals surface area (Å²) in [5, 5.41) is 0. The van der Waals surface area contributed by atoms with Crippen LogP contribution >= 0.6 is 0 Å². The van der Waals surface area contributed by atoms with E-state index in [2.05, 4.69) is 4.98 Å². The van der Waals surface area contributed by atoms with Crippen molar-refractivity contribution in [2.45, 2.75) is 12.5 Å². The lowest BCUT2D eigenvalue weighted by Crippen LogP contribution is -2.43. The summed E-state index contributed by atoms with van der Waals surface area (Å²) in [6, 6.07) is 5.65. The van der Waals surface area contributed by atoms with Gasteiger partial charge >= 0.3 is 0 Å². The molecule has 0 spiro atoms. The topological polar surface area (TPSA) is 86.5 Å². The zero-order chi connectivity index (χ0) is 12.5. The number of hydrogen-bond donors (Lipinski definition) is 2. The second kappa shape index (κ2) is 7.72. The maximum Gasteiger partial charge on any atom is 0.265 e. The first-order valence-corrected chi connectivity index (χ1v) is 5.29. The van der Waals surface area contributed by atoms with Crippen LogP contribution in [0.15, 0.2) is 24.4 Å². The monoisotopic (exact) mass is 239 g/mol. The Balaban J connectivity index is 2.34. The number of aromatic nitrogens is 1. The predicted molar refractivity (Wildman–Crippen MR) is 61.9 cm³/mol. The van der Waals surface area contributed by atoms with Crippen molar-refractivity contribution in [1.29, 1.82) is 0 Å². The lowest BCUT2D eigenvalue weighted by Gasteiger charge is -2.14. The zero-order valence-electron chi connectivity index (χ0n) is 9.76. The minimum Gasteiger partial charge on any atom is -0.381 e. The minimum absolute atomic E-state index is 0.172. The molecule has 1 rings (SSSR count). The van der Waals surface area contributed by atoms with Crippen LogP contribution in [0.5, 0.6) is 0 Å². The molecule has 1 heterocycles. The van der Waals surface area contributed by atoms with Crippen LogP contribution in [-0.2, 0) is 20.7 Å². The largest absolute Gasteiger partial charge is 0.381 e. The lowest BCUT2D eigenvalue weighted by molar-refractivity contribution is -0.136. The summed E-state index contributed by atoms with van der Waals surface area (Å²) in [6.07, 6.45) is 1.67. The number of carbonyl (C=O) groups is 1. The SMILES string of the molecule is COCC(OCCc1ccccn1)C(=O)NN. The molecular weight excluding hydrogens is 222 g/mol. The van der Waals surface area contributed by atoms with E-state index in [9.17, 15) is 4.79 Å². The molecule has 0 fully saturated rings. The molecule has 1 aromatic rings. The van der Waals surface area contributed by atoms with Crippen molar-refractivity contribution in [1.82, 2.24) is 10.4 Å². The van der Waals surface area contributed by atoms with Crippen molar-refractivity contribution >= 4 is 5.91 Å². The maximum atomic E-state index is 11.3. The maximum absolute atomic E-state index is 11.3. The molecule has 17 heavy (non-hydrogen) atoms. The fourth-order valence-corrected chi connectivity index (χ4v) is 1.30. The van der Waals surface area contributed by atoms with Gasteiger partial charge in [0.2, 0.25) is 0 Å². The summed E-state index contributed by atoms with van der Waals surface area (Å²) < 4.78 is 10.3. The smallest absolute Gasteiger partial charge is 0.265 e. The van der Waals surface area contributed by atoms with E-state index in [-0.39, 0.29) is 6.61 Å². The van der Waals surface area contributed by atoms with E-state index >= 15 is 0 Å². The molecule has 1 unspecified atom stereocenters. The van der Waals surface area contributed by atoms with Crippen LogP contribution in [0.2, 0.25) is 0 Å². The molecule has 6 nitrogen and oxygen atoms in total. The second-order valence-corrected chi connectivity index (χ2v) is 3.39. The van der Waals surface area contributed by atoms with Crippen molar-refractivity contribution < 1.29 is 14.3 Å². The molecule has 94 valence electrons. The normalized spacial score (nSPS) is 12.1. The summed E-state index contributed by atoms with van der Waals surface area (Å²) >= 11 is 0. The Morgan fingerprint density at radius 3 is 3.00 bits per heavy atom. The van der Waals surface area contributed by atoms with Crippen LogP contribution in [-0.4, -0.2) is 37.3 Å². The van der Waals surface area contributed by atoms with Crippen LogP contribution in [0.1, 0.15) is 5.69 Å². The highest BCUT2D eigenvalue weighted by molar-refractivity contribution is 5.80. The average molecular weight is 239 g/mol.